The van der Waals surface area contributed by atoms with Gasteiger partial charge in [-0.05, 0) is 51.3 Å². The monoisotopic (exact) mass is 468 g/mol. The standard InChI is InChI=1S/C24H32N6O4/c1-4-12-28-22(33)18-11-10-16(21(32)25-15(2)3)13-19(18)30-23(28)27-29(24(30)34)14-20(31)26-17-8-6-5-7-9-17/h10-11,13,15,17H,4-9,12,14H2,1-3H3,(H,25,32)(H,26,31). The Labute approximate surface area is 196 Å². The van der Waals surface area contributed by atoms with Gasteiger partial charge in [0.2, 0.25) is 11.7 Å². The van der Waals surface area contributed by atoms with E-state index < -0.39 is 5.69 Å². The van der Waals surface area contributed by atoms with Crippen molar-refractivity contribution in [2.75, 3.05) is 0 Å². The molecule has 0 bridgehead atoms. The molecule has 1 aromatic carbocycles. The summed E-state index contributed by atoms with van der Waals surface area (Å²) in [7, 11) is 0. The highest BCUT2D eigenvalue weighted by Gasteiger charge is 2.21. The van der Waals surface area contributed by atoms with E-state index >= 15 is 0 Å². The molecule has 0 radical (unpaired) electrons. The minimum absolute atomic E-state index is 0.0612. The fourth-order valence-corrected chi connectivity index (χ4v) is 4.59. The second-order valence-corrected chi connectivity index (χ2v) is 9.29. The Balaban J connectivity index is 1.80. The molecule has 4 rings (SSSR count). The zero-order valence-electron chi connectivity index (χ0n) is 20.0. The zero-order chi connectivity index (χ0) is 24.4. The van der Waals surface area contributed by atoms with Gasteiger partial charge in [0, 0.05) is 24.2 Å². The van der Waals surface area contributed by atoms with E-state index in [0.717, 1.165) is 30.4 Å². The minimum Gasteiger partial charge on any atom is -0.352 e. The van der Waals surface area contributed by atoms with Crippen LogP contribution in [-0.2, 0) is 17.9 Å². The molecule has 1 fully saturated rings. The van der Waals surface area contributed by atoms with Crippen LogP contribution in [0.3, 0.4) is 0 Å². The summed E-state index contributed by atoms with van der Waals surface area (Å²) in [5.41, 5.74) is -0.174. The number of aromatic nitrogens is 4. The predicted octanol–water partition coefficient (Wildman–Crippen LogP) is 1.81. The lowest BCUT2D eigenvalue weighted by molar-refractivity contribution is -0.122. The highest BCUT2D eigenvalue weighted by atomic mass is 16.2. The number of hydrogen-bond donors (Lipinski definition) is 2. The Bertz CT molecular complexity index is 1340. The third kappa shape index (κ3) is 4.62. The average molecular weight is 469 g/mol. The van der Waals surface area contributed by atoms with Crippen LogP contribution in [-0.4, -0.2) is 42.6 Å². The lowest BCUT2D eigenvalue weighted by Crippen LogP contribution is -2.40. The first-order valence-corrected chi connectivity index (χ1v) is 12.1. The molecule has 3 aromatic rings. The van der Waals surface area contributed by atoms with Gasteiger partial charge < -0.3 is 10.6 Å². The van der Waals surface area contributed by atoms with Crippen LogP contribution in [0.15, 0.2) is 27.8 Å². The van der Waals surface area contributed by atoms with Gasteiger partial charge in [-0.2, -0.15) is 0 Å². The number of aryl methyl sites for hydroxylation is 1. The van der Waals surface area contributed by atoms with Crippen LogP contribution in [0, 0.1) is 0 Å². The molecule has 1 aliphatic carbocycles. The first-order valence-electron chi connectivity index (χ1n) is 12.1. The lowest BCUT2D eigenvalue weighted by atomic mass is 9.95. The van der Waals surface area contributed by atoms with E-state index in [2.05, 4.69) is 15.7 Å². The number of nitrogens with zero attached hydrogens (tertiary/aromatic N) is 4. The van der Waals surface area contributed by atoms with Crippen molar-refractivity contribution in [3.63, 3.8) is 0 Å². The summed E-state index contributed by atoms with van der Waals surface area (Å²) in [5, 5.41) is 10.5. The van der Waals surface area contributed by atoms with E-state index in [0.29, 0.717) is 29.4 Å². The maximum absolute atomic E-state index is 13.4. The van der Waals surface area contributed by atoms with Crippen molar-refractivity contribution in [3.8, 4) is 0 Å². The topological polar surface area (TPSA) is 120 Å². The smallest absolute Gasteiger partial charge is 0.352 e. The number of amides is 2. The van der Waals surface area contributed by atoms with Gasteiger partial charge in [-0.1, -0.05) is 26.2 Å². The van der Waals surface area contributed by atoms with Crippen LogP contribution < -0.4 is 21.9 Å². The number of carbonyl (C=O) groups is 2. The molecule has 10 heteroatoms. The number of nitrogens with one attached hydrogen (secondary N) is 2. The third-order valence-corrected chi connectivity index (χ3v) is 6.17. The van der Waals surface area contributed by atoms with E-state index in [1.807, 2.05) is 20.8 Å². The summed E-state index contributed by atoms with van der Waals surface area (Å²) >= 11 is 0. The molecule has 1 aliphatic rings. The van der Waals surface area contributed by atoms with Gasteiger partial charge in [-0.25, -0.2) is 13.9 Å². The van der Waals surface area contributed by atoms with E-state index in [-0.39, 0.29) is 41.8 Å². The first-order chi connectivity index (χ1) is 16.3. The highest BCUT2D eigenvalue weighted by molar-refractivity contribution is 5.98. The molecule has 2 aromatic heterocycles. The van der Waals surface area contributed by atoms with Gasteiger partial charge in [0.1, 0.15) is 6.54 Å². The van der Waals surface area contributed by atoms with Crippen LogP contribution in [0.4, 0.5) is 0 Å². The number of fused-ring (bicyclic) bond motifs is 3. The number of carbonyl (C=O) groups excluding carboxylic acids is 2. The molecule has 0 atom stereocenters. The van der Waals surface area contributed by atoms with Crippen molar-refractivity contribution in [3.05, 3.63) is 44.6 Å². The van der Waals surface area contributed by atoms with Crippen molar-refractivity contribution >= 4 is 28.5 Å². The molecule has 2 N–H and O–H groups in total. The molecule has 0 unspecified atom stereocenters. The van der Waals surface area contributed by atoms with E-state index in [1.165, 1.54) is 21.5 Å². The summed E-state index contributed by atoms with van der Waals surface area (Å²) in [5.74, 6) is -0.408. The van der Waals surface area contributed by atoms with Crippen molar-refractivity contribution < 1.29 is 9.59 Å². The van der Waals surface area contributed by atoms with Gasteiger partial charge >= 0.3 is 5.69 Å². The predicted molar refractivity (Wildman–Crippen MR) is 129 cm³/mol. The number of benzene rings is 1. The van der Waals surface area contributed by atoms with Crippen molar-refractivity contribution in [2.45, 2.75) is 84.5 Å². The fourth-order valence-electron chi connectivity index (χ4n) is 4.59. The Hall–Kier alpha value is -3.43. The van der Waals surface area contributed by atoms with Crippen LogP contribution in [0.1, 0.15) is 69.7 Å². The Morgan fingerprint density at radius 3 is 2.56 bits per heavy atom. The third-order valence-electron chi connectivity index (χ3n) is 6.17. The zero-order valence-corrected chi connectivity index (χ0v) is 20.0. The molecule has 10 nitrogen and oxygen atoms in total. The van der Waals surface area contributed by atoms with Crippen LogP contribution in [0.25, 0.3) is 16.7 Å². The Morgan fingerprint density at radius 2 is 1.88 bits per heavy atom. The largest absolute Gasteiger partial charge is 0.352 e. The number of hydrogen-bond acceptors (Lipinski definition) is 5. The molecule has 182 valence electrons. The van der Waals surface area contributed by atoms with E-state index in [9.17, 15) is 19.2 Å². The highest BCUT2D eigenvalue weighted by Crippen LogP contribution is 2.17. The first kappa shape index (κ1) is 23.7. The minimum atomic E-state index is -0.523. The second kappa shape index (κ2) is 9.82. The van der Waals surface area contributed by atoms with Crippen molar-refractivity contribution in [1.82, 2.24) is 29.4 Å². The van der Waals surface area contributed by atoms with Crippen LogP contribution >= 0.6 is 0 Å². The van der Waals surface area contributed by atoms with Gasteiger partial charge in [0.25, 0.3) is 11.5 Å². The number of rotatable bonds is 7. The maximum Gasteiger partial charge on any atom is 0.352 e. The average Bonchev–Trinajstić information content (AvgIpc) is 3.12. The SMILES string of the molecule is CCCn1c(=O)c2ccc(C(=O)NC(C)C)cc2n2c(=O)n(CC(=O)NC3CCCCC3)nc12. The summed E-state index contributed by atoms with van der Waals surface area (Å²) in [6.45, 7) is 5.78. The summed E-state index contributed by atoms with van der Waals surface area (Å²) < 4.78 is 3.87. The van der Waals surface area contributed by atoms with Gasteiger partial charge in [0.15, 0.2) is 0 Å². The van der Waals surface area contributed by atoms with Crippen molar-refractivity contribution in [1.29, 1.82) is 0 Å². The normalized spacial score (nSPS) is 14.7. The van der Waals surface area contributed by atoms with Crippen molar-refractivity contribution in [2.24, 2.45) is 0 Å². The van der Waals surface area contributed by atoms with Crippen LogP contribution in [0.2, 0.25) is 0 Å². The van der Waals surface area contributed by atoms with Gasteiger partial charge in [-0.15, -0.1) is 5.10 Å². The summed E-state index contributed by atoms with van der Waals surface area (Å²) in [6.07, 6.45) is 5.89. The van der Waals surface area contributed by atoms with E-state index in [1.54, 1.807) is 12.1 Å². The molecule has 0 spiro atoms. The Morgan fingerprint density at radius 1 is 1.15 bits per heavy atom. The second-order valence-electron chi connectivity index (χ2n) is 9.29. The molecular weight excluding hydrogens is 436 g/mol. The molecule has 0 saturated heterocycles. The molecule has 0 aliphatic heterocycles. The van der Waals surface area contributed by atoms with Gasteiger partial charge in [0.05, 0.1) is 10.9 Å². The summed E-state index contributed by atoms with van der Waals surface area (Å²) in [4.78, 5) is 51.8. The molecule has 1 saturated carbocycles. The Kier molecular flexibility index (Phi) is 6.85. The van der Waals surface area contributed by atoms with Gasteiger partial charge in [-0.3, -0.25) is 19.0 Å². The molecule has 2 heterocycles. The maximum atomic E-state index is 13.4. The summed E-state index contributed by atoms with van der Waals surface area (Å²) in [6, 6.07) is 4.74. The van der Waals surface area contributed by atoms with Crippen LogP contribution in [0.5, 0.6) is 0 Å². The molecular formula is C24H32N6O4. The quantitative estimate of drug-likeness (QED) is 0.548. The molecule has 2 amide bonds. The van der Waals surface area contributed by atoms with E-state index in [4.69, 9.17) is 0 Å². The lowest BCUT2D eigenvalue weighted by Gasteiger charge is -2.22. The fraction of sp³-hybridized carbons (Fsp3) is 0.542. The molecule has 34 heavy (non-hydrogen) atoms.